The Balaban J connectivity index is 1.52. The van der Waals surface area contributed by atoms with Crippen molar-refractivity contribution in [1.29, 1.82) is 0 Å². The average molecular weight is 461 g/mol. The molecule has 0 saturated carbocycles. The zero-order valence-corrected chi connectivity index (χ0v) is 19.6. The minimum Gasteiger partial charge on any atom is -0.402 e. The molecule has 7 N–H and O–H groups in total. The molecule has 178 valence electrons. The fourth-order valence-corrected chi connectivity index (χ4v) is 4.97. The van der Waals surface area contributed by atoms with Gasteiger partial charge in [-0.1, -0.05) is 0 Å². The van der Waals surface area contributed by atoms with Gasteiger partial charge in [-0.15, -0.1) is 0 Å². The number of rotatable bonds is 6. The summed E-state index contributed by atoms with van der Waals surface area (Å²) in [6.07, 6.45) is 6.86. The van der Waals surface area contributed by atoms with Crippen LogP contribution in [0.3, 0.4) is 0 Å². The maximum absolute atomic E-state index is 10.5. The van der Waals surface area contributed by atoms with E-state index in [-0.39, 0.29) is 0 Å². The highest BCUT2D eigenvalue weighted by atomic mass is 16.3. The molecule has 0 spiro atoms. The molecule has 0 aliphatic carbocycles. The second-order valence-electron chi connectivity index (χ2n) is 9.13. The summed E-state index contributed by atoms with van der Waals surface area (Å²) in [7, 11) is 0. The van der Waals surface area contributed by atoms with Crippen molar-refractivity contribution in [2.45, 2.75) is 44.9 Å². The van der Waals surface area contributed by atoms with E-state index in [1.807, 2.05) is 41.8 Å². The van der Waals surface area contributed by atoms with Crippen molar-refractivity contribution in [3.05, 3.63) is 65.9 Å². The number of nitrogens with zero attached hydrogens (tertiary/aromatic N) is 4. The van der Waals surface area contributed by atoms with E-state index >= 15 is 0 Å². The first-order chi connectivity index (χ1) is 16.4. The lowest BCUT2D eigenvalue weighted by Crippen LogP contribution is -2.35. The van der Waals surface area contributed by atoms with Gasteiger partial charge in [0.1, 0.15) is 23.8 Å². The van der Waals surface area contributed by atoms with Gasteiger partial charge in [0.05, 0.1) is 17.1 Å². The third-order valence-electron chi connectivity index (χ3n) is 6.61. The van der Waals surface area contributed by atoms with Gasteiger partial charge in [-0.05, 0) is 75.7 Å². The number of allylic oxidation sites excluding steroid dienone is 3. The third-order valence-corrected chi connectivity index (χ3v) is 6.61. The molecule has 34 heavy (non-hydrogen) atoms. The van der Waals surface area contributed by atoms with Gasteiger partial charge in [-0.25, -0.2) is 9.97 Å². The Morgan fingerprint density at radius 1 is 1.24 bits per heavy atom. The highest BCUT2D eigenvalue weighted by molar-refractivity contribution is 5.81. The zero-order chi connectivity index (χ0) is 23.8. The van der Waals surface area contributed by atoms with Crippen molar-refractivity contribution in [3.63, 3.8) is 0 Å². The molecule has 2 saturated heterocycles. The Bertz CT molecular complexity index is 1260. The van der Waals surface area contributed by atoms with Crippen molar-refractivity contribution >= 4 is 22.5 Å². The largest absolute Gasteiger partial charge is 0.402 e. The monoisotopic (exact) mass is 460 g/mol. The summed E-state index contributed by atoms with van der Waals surface area (Å²) in [5.74, 6) is 2.11. The second kappa shape index (κ2) is 9.00. The number of nitrogens with one attached hydrogen (secondary N) is 2. The highest BCUT2D eigenvalue weighted by Gasteiger charge is 2.39. The van der Waals surface area contributed by atoms with E-state index in [1.54, 1.807) is 25.4 Å². The number of fused-ring (bicyclic) bond motifs is 2. The standard InChI is InChI=1S/C25H32N8O/c1-15(26)3-7-23(27)30-17-4-6-19-22(13-17)33(14-29-19)24-8-5-18(16(2)34)25(31-24)32-12-10-20-21(32)9-11-28-20/h3-8,13-14,16,20-21,28,30,34H,9-12,26-27H2,1-2H3/b15-3-,23-7+. The van der Waals surface area contributed by atoms with E-state index in [2.05, 4.69) is 20.5 Å². The summed E-state index contributed by atoms with van der Waals surface area (Å²) >= 11 is 0. The lowest BCUT2D eigenvalue weighted by molar-refractivity contribution is 0.199. The van der Waals surface area contributed by atoms with Gasteiger partial charge in [0.2, 0.25) is 0 Å². The number of hydrogen-bond acceptors (Lipinski definition) is 8. The van der Waals surface area contributed by atoms with Crippen LogP contribution in [0, 0.1) is 0 Å². The zero-order valence-electron chi connectivity index (χ0n) is 19.6. The predicted molar refractivity (Wildman–Crippen MR) is 135 cm³/mol. The molecule has 4 heterocycles. The van der Waals surface area contributed by atoms with Crippen molar-refractivity contribution < 1.29 is 5.11 Å². The topological polar surface area (TPSA) is 130 Å². The fraction of sp³-hybridized carbons (Fsp3) is 0.360. The normalized spacial score (nSPS) is 21.8. The molecule has 2 fully saturated rings. The first-order valence-corrected chi connectivity index (χ1v) is 11.7. The summed E-state index contributed by atoms with van der Waals surface area (Å²) in [5, 5.41) is 17.2. The van der Waals surface area contributed by atoms with Crippen LogP contribution < -0.4 is 27.0 Å². The molecule has 2 aliphatic rings. The smallest absolute Gasteiger partial charge is 0.140 e. The Morgan fingerprint density at radius 3 is 2.88 bits per heavy atom. The van der Waals surface area contributed by atoms with E-state index in [0.29, 0.717) is 23.6 Å². The number of anilines is 2. The lowest BCUT2D eigenvalue weighted by Gasteiger charge is -2.28. The quantitative estimate of drug-likeness (QED) is 0.355. The summed E-state index contributed by atoms with van der Waals surface area (Å²) < 4.78 is 1.97. The molecule has 1 aromatic carbocycles. The van der Waals surface area contributed by atoms with Crippen LogP contribution in [-0.2, 0) is 0 Å². The molecule has 9 nitrogen and oxygen atoms in total. The van der Waals surface area contributed by atoms with E-state index < -0.39 is 6.10 Å². The van der Waals surface area contributed by atoms with Crippen LogP contribution in [0.15, 0.2) is 60.3 Å². The van der Waals surface area contributed by atoms with Gasteiger partial charge in [-0.3, -0.25) is 4.57 Å². The molecule has 2 aromatic heterocycles. The first kappa shape index (κ1) is 22.2. The second-order valence-corrected chi connectivity index (χ2v) is 9.13. The molecular formula is C25H32N8O. The van der Waals surface area contributed by atoms with Gasteiger partial charge in [0.15, 0.2) is 0 Å². The van der Waals surface area contributed by atoms with Gasteiger partial charge in [0, 0.05) is 35.6 Å². The molecule has 5 rings (SSSR count). The van der Waals surface area contributed by atoms with Crippen LogP contribution in [0.1, 0.15) is 38.4 Å². The van der Waals surface area contributed by atoms with Gasteiger partial charge in [-0.2, -0.15) is 0 Å². The van der Waals surface area contributed by atoms with E-state index in [4.69, 9.17) is 16.5 Å². The van der Waals surface area contributed by atoms with Crippen molar-refractivity contribution in [2.24, 2.45) is 11.5 Å². The number of nitrogens with two attached hydrogens (primary N) is 2. The summed E-state index contributed by atoms with van der Waals surface area (Å²) in [5.41, 5.74) is 15.9. The maximum Gasteiger partial charge on any atom is 0.140 e. The molecule has 3 atom stereocenters. The predicted octanol–water partition coefficient (Wildman–Crippen LogP) is 2.49. The Kier molecular flexibility index (Phi) is 5.89. The summed E-state index contributed by atoms with van der Waals surface area (Å²) in [6, 6.07) is 10.7. The van der Waals surface area contributed by atoms with Crippen LogP contribution in [0.25, 0.3) is 16.9 Å². The number of hydrogen-bond donors (Lipinski definition) is 5. The van der Waals surface area contributed by atoms with Gasteiger partial charge in [0.25, 0.3) is 0 Å². The summed E-state index contributed by atoms with van der Waals surface area (Å²) in [4.78, 5) is 12.0. The van der Waals surface area contributed by atoms with Crippen molar-refractivity contribution in [3.8, 4) is 5.82 Å². The molecule has 0 radical (unpaired) electrons. The molecule has 3 aromatic rings. The van der Waals surface area contributed by atoms with Crippen LogP contribution in [-0.4, -0.2) is 44.8 Å². The van der Waals surface area contributed by atoms with Crippen LogP contribution >= 0.6 is 0 Å². The van der Waals surface area contributed by atoms with Gasteiger partial charge < -0.3 is 32.1 Å². The van der Waals surface area contributed by atoms with Crippen molar-refractivity contribution in [2.75, 3.05) is 23.3 Å². The van der Waals surface area contributed by atoms with E-state index in [9.17, 15) is 5.11 Å². The van der Waals surface area contributed by atoms with Gasteiger partial charge >= 0.3 is 0 Å². The molecule has 0 bridgehead atoms. The average Bonchev–Trinajstić information content (AvgIpc) is 3.53. The molecule has 2 aliphatic heterocycles. The van der Waals surface area contributed by atoms with Crippen LogP contribution in [0.4, 0.5) is 11.5 Å². The number of benzene rings is 1. The Labute approximate surface area is 199 Å². The minimum absolute atomic E-state index is 0.413. The third kappa shape index (κ3) is 4.20. The van der Waals surface area contributed by atoms with E-state index in [0.717, 1.165) is 59.9 Å². The number of imidazole rings is 1. The van der Waals surface area contributed by atoms with Crippen LogP contribution in [0.2, 0.25) is 0 Å². The molecule has 9 heteroatoms. The Hall–Kier alpha value is -3.56. The van der Waals surface area contributed by atoms with Crippen LogP contribution in [0.5, 0.6) is 0 Å². The molecule has 3 unspecified atom stereocenters. The maximum atomic E-state index is 10.5. The lowest BCUT2D eigenvalue weighted by atomic mass is 10.1. The molecular weight excluding hydrogens is 428 g/mol. The summed E-state index contributed by atoms with van der Waals surface area (Å²) in [6.45, 7) is 5.56. The van der Waals surface area contributed by atoms with Crippen molar-refractivity contribution in [1.82, 2.24) is 19.9 Å². The number of aliphatic hydroxyl groups excluding tert-OH is 1. The number of aliphatic hydroxyl groups is 1. The number of pyridine rings is 1. The fourth-order valence-electron chi connectivity index (χ4n) is 4.97. The SMILES string of the molecule is C/C(N)=C/C=C(\N)Nc1ccc2ncn(-c3ccc(C(C)O)c(N4CCC5NCCC54)n3)c2c1. The number of aromatic nitrogens is 3. The first-order valence-electron chi connectivity index (χ1n) is 11.7. The molecule has 0 amide bonds. The van der Waals surface area contributed by atoms with E-state index in [1.165, 1.54) is 0 Å². The minimum atomic E-state index is -0.596. The highest BCUT2D eigenvalue weighted by Crippen LogP contribution is 2.35. The Morgan fingerprint density at radius 2 is 2.09 bits per heavy atom.